The molecule has 1 spiro atoms. The summed E-state index contributed by atoms with van der Waals surface area (Å²) in [5, 5.41) is 1.63. The average Bonchev–Trinajstić information content (AvgIpc) is 3.64. The van der Waals surface area contributed by atoms with Crippen LogP contribution in [0.3, 0.4) is 0 Å². The van der Waals surface area contributed by atoms with Crippen LogP contribution in [-0.4, -0.2) is 45.9 Å². The summed E-state index contributed by atoms with van der Waals surface area (Å²) < 4.78 is 30.1. The molecular formula is C27H21ClF2N4O. The lowest BCUT2D eigenvalue weighted by molar-refractivity contribution is -0.129. The lowest BCUT2D eigenvalue weighted by Gasteiger charge is -2.43. The van der Waals surface area contributed by atoms with Crippen molar-refractivity contribution < 1.29 is 13.6 Å². The number of amides is 1. The van der Waals surface area contributed by atoms with Crippen molar-refractivity contribution >= 4 is 44.9 Å². The second-order valence-electron chi connectivity index (χ2n) is 9.12. The molecule has 6 rings (SSSR count). The molecule has 1 aliphatic heterocycles. The molecule has 1 amide bonds. The number of hydrogen-bond donors (Lipinski definition) is 0. The van der Waals surface area contributed by atoms with E-state index >= 15 is 4.39 Å². The Morgan fingerprint density at radius 2 is 1.94 bits per heavy atom. The summed E-state index contributed by atoms with van der Waals surface area (Å²) in [5.74, 6) is -1.21. The second kappa shape index (κ2) is 7.99. The van der Waals surface area contributed by atoms with Gasteiger partial charge in [-0.05, 0) is 36.4 Å². The van der Waals surface area contributed by atoms with Crippen LogP contribution in [0, 0.1) is 11.6 Å². The molecule has 0 unspecified atom stereocenters. The monoisotopic (exact) mass is 490 g/mol. The number of carbonyl (C=O) groups is 1. The van der Waals surface area contributed by atoms with Gasteiger partial charge in [-0.3, -0.25) is 14.8 Å². The van der Waals surface area contributed by atoms with Crippen LogP contribution in [0.5, 0.6) is 0 Å². The molecular weight excluding hydrogens is 470 g/mol. The van der Waals surface area contributed by atoms with Gasteiger partial charge in [0.2, 0.25) is 5.91 Å². The predicted octanol–water partition coefficient (Wildman–Crippen LogP) is 5.75. The number of hydrogen-bond acceptors (Lipinski definition) is 4. The Hall–Kier alpha value is -3.58. The van der Waals surface area contributed by atoms with Crippen molar-refractivity contribution in [3.05, 3.63) is 78.1 Å². The largest absolute Gasteiger partial charge is 0.367 e. The van der Waals surface area contributed by atoms with Crippen molar-refractivity contribution in [2.45, 2.75) is 18.4 Å². The van der Waals surface area contributed by atoms with Crippen LogP contribution < -0.4 is 4.90 Å². The van der Waals surface area contributed by atoms with Gasteiger partial charge in [-0.2, -0.15) is 0 Å². The molecule has 2 aromatic carbocycles. The minimum absolute atomic E-state index is 0.0516. The molecule has 35 heavy (non-hydrogen) atoms. The van der Waals surface area contributed by atoms with Crippen molar-refractivity contribution in [1.29, 1.82) is 0 Å². The van der Waals surface area contributed by atoms with Crippen LogP contribution in [0.2, 0.25) is 5.02 Å². The molecule has 2 aliphatic rings. The van der Waals surface area contributed by atoms with Crippen molar-refractivity contribution in [1.82, 2.24) is 14.9 Å². The Bertz CT molecular complexity index is 1540. The number of piperazine rings is 1. The van der Waals surface area contributed by atoms with E-state index in [1.54, 1.807) is 36.7 Å². The molecule has 5 nitrogen and oxygen atoms in total. The minimum Gasteiger partial charge on any atom is -0.367 e. The molecule has 0 atom stereocenters. The zero-order valence-corrected chi connectivity index (χ0v) is 19.5. The lowest BCUT2D eigenvalue weighted by Crippen LogP contribution is -2.56. The Kier molecular flexibility index (Phi) is 5.00. The summed E-state index contributed by atoms with van der Waals surface area (Å²) in [5.41, 5.74) is 1.29. The highest BCUT2D eigenvalue weighted by Crippen LogP contribution is 2.46. The fraction of sp³-hybridized carbons (Fsp3) is 0.222. The van der Waals surface area contributed by atoms with Crippen LogP contribution >= 0.6 is 11.6 Å². The zero-order valence-electron chi connectivity index (χ0n) is 18.8. The van der Waals surface area contributed by atoms with Crippen LogP contribution in [0.25, 0.3) is 32.9 Å². The van der Waals surface area contributed by atoms with Gasteiger partial charge in [-0.25, -0.2) is 8.78 Å². The fourth-order valence-electron chi connectivity index (χ4n) is 5.24. The van der Waals surface area contributed by atoms with Crippen molar-refractivity contribution in [2.75, 3.05) is 24.5 Å². The highest BCUT2D eigenvalue weighted by molar-refractivity contribution is 6.36. The first kappa shape index (κ1) is 21.9. The van der Waals surface area contributed by atoms with E-state index < -0.39 is 11.6 Å². The number of aromatic nitrogens is 2. The Morgan fingerprint density at radius 3 is 2.71 bits per heavy atom. The summed E-state index contributed by atoms with van der Waals surface area (Å²) in [4.78, 5) is 25.2. The van der Waals surface area contributed by atoms with E-state index in [1.807, 2.05) is 11.0 Å². The molecule has 2 aromatic heterocycles. The maximum Gasteiger partial charge on any atom is 0.246 e. The summed E-state index contributed by atoms with van der Waals surface area (Å²) in [6.07, 6.45) is 6.43. The first-order chi connectivity index (χ1) is 16.9. The molecule has 0 bridgehead atoms. The zero-order chi connectivity index (χ0) is 24.3. The topological polar surface area (TPSA) is 49.3 Å². The van der Waals surface area contributed by atoms with Gasteiger partial charge in [-0.15, -0.1) is 0 Å². The van der Waals surface area contributed by atoms with Gasteiger partial charge in [-0.1, -0.05) is 42.4 Å². The standard InChI is InChI=1S/C27H21ClF2N4O/c1-2-21(35)34-13-12-33(15-27(34)9-10-27)20-8-11-31-26-18(20)14-32-25(24(26)30)17-5-3-4-16-6-7-19(29)23(28)22(16)17/h2-8,11,14H,1,9-10,12-13,15H2. The number of pyridine rings is 2. The second-order valence-corrected chi connectivity index (χ2v) is 9.50. The number of anilines is 1. The molecule has 3 heterocycles. The number of halogens is 3. The highest BCUT2D eigenvalue weighted by atomic mass is 35.5. The first-order valence-corrected chi connectivity index (χ1v) is 11.8. The fourth-order valence-corrected chi connectivity index (χ4v) is 5.52. The van der Waals surface area contributed by atoms with Crippen LogP contribution in [-0.2, 0) is 4.79 Å². The maximum atomic E-state index is 15.9. The number of nitrogens with zero attached hydrogens (tertiary/aromatic N) is 4. The van der Waals surface area contributed by atoms with Crippen molar-refractivity contribution in [3.8, 4) is 11.3 Å². The molecule has 176 valence electrons. The minimum atomic E-state index is -0.584. The van der Waals surface area contributed by atoms with Crippen molar-refractivity contribution in [3.63, 3.8) is 0 Å². The van der Waals surface area contributed by atoms with Gasteiger partial charge in [0.25, 0.3) is 0 Å². The van der Waals surface area contributed by atoms with E-state index in [0.717, 1.165) is 18.5 Å². The number of carbonyl (C=O) groups excluding carboxylic acids is 1. The Balaban J connectivity index is 1.44. The van der Waals surface area contributed by atoms with Crippen molar-refractivity contribution in [2.24, 2.45) is 0 Å². The highest BCUT2D eigenvalue weighted by Gasteiger charge is 2.52. The third-order valence-electron chi connectivity index (χ3n) is 7.16. The molecule has 0 N–H and O–H groups in total. The molecule has 2 fully saturated rings. The van der Waals surface area contributed by atoms with E-state index in [-0.39, 0.29) is 27.7 Å². The van der Waals surface area contributed by atoms with Crippen LogP contribution in [0.1, 0.15) is 12.8 Å². The third-order valence-corrected chi connectivity index (χ3v) is 7.53. The lowest BCUT2D eigenvalue weighted by atomic mass is 10.00. The summed E-state index contributed by atoms with van der Waals surface area (Å²) >= 11 is 6.27. The molecule has 1 saturated carbocycles. The smallest absolute Gasteiger partial charge is 0.246 e. The number of fused-ring (bicyclic) bond motifs is 2. The summed E-state index contributed by atoms with van der Waals surface area (Å²) in [6, 6.07) is 10.0. The molecule has 1 aliphatic carbocycles. The van der Waals surface area contributed by atoms with E-state index in [9.17, 15) is 9.18 Å². The van der Waals surface area contributed by atoms with Gasteiger partial charge in [0.15, 0.2) is 5.82 Å². The quantitative estimate of drug-likeness (QED) is 0.343. The predicted molar refractivity (Wildman–Crippen MR) is 133 cm³/mol. The SMILES string of the molecule is C=CC(=O)N1CCN(c2ccnc3c(F)c(-c4cccc5ccc(F)c(Cl)c45)ncc23)CC12CC2. The van der Waals surface area contributed by atoms with Crippen LogP contribution in [0.15, 0.2) is 61.4 Å². The number of rotatable bonds is 3. The first-order valence-electron chi connectivity index (χ1n) is 11.4. The maximum absolute atomic E-state index is 15.9. The van der Waals surface area contributed by atoms with Gasteiger partial charge < -0.3 is 9.80 Å². The Labute approximate surface area is 205 Å². The number of benzene rings is 2. The molecule has 8 heteroatoms. The van der Waals surface area contributed by atoms with Crippen LogP contribution in [0.4, 0.5) is 14.5 Å². The molecule has 4 aromatic rings. The average molecular weight is 491 g/mol. The van der Waals surface area contributed by atoms with Gasteiger partial charge in [0, 0.05) is 54.1 Å². The van der Waals surface area contributed by atoms with Gasteiger partial charge in [0.05, 0.1) is 10.6 Å². The van der Waals surface area contributed by atoms with E-state index in [4.69, 9.17) is 11.6 Å². The summed E-state index contributed by atoms with van der Waals surface area (Å²) in [6.45, 7) is 5.47. The van der Waals surface area contributed by atoms with Gasteiger partial charge >= 0.3 is 0 Å². The van der Waals surface area contributed by atoms with E-state index in [2.05, 4.69) is 21.4 Å². The molecule has 1 saturated heterocycles. The summed E-state index contributed by atoms with van der Waals surface area (Å²) in [7, 11) is 0. The molecule has 0 radical (unpaired) electrons. The normalized spacial score (nSPS) is 16.8. The Morgan fingerprint density at radius 1 is 1.11 bits per heavy atom. The van der Waals surface area contributed by atoms with E-state index in [1.165, 1.54) is 12.1 Å². The third kappa shape index (κ3) is 3.37. The van der Waals surface area contributed by atoms with Gasteiger partial charge in [0.1, 0.15) is 17.0 Å². The van der Waals surface area contributed by atoms with E-state index in [0.29, 0.717) is 41.4 Å².